The first-order valence-corrected chi connectivity index (χ1v) is 8.88. The number of likely N-dealkylation sites (tertiary alicyclic amines) is 1. The molecule has 1 N–H and O–H groups in total. The smallest absolute Gasteiger partial charge is 0.225 e. The summed E-state index contributed by atoms with van der Waals surface area (Å²) in [5.41, 5.74) is 0.818. The second-order valence-corrected chi connectivity index (χ2v) is 6.31. The molecule has 2 heterocycles. The summed E-state index contributed by atoms with van der Waals surface area (Å²) in [7, 11) is 1.60. The van der Waals surface area contributed by atoms with Gasteiger partial charge in [0.25, 0.3) is 0 Å². The minimum atomic E-state index is -0.335. The van der Waals surface area contributed by atoms with E-state index in [2.05, 4.69) is 10.3 Å². The van der Waals surface area contributed by atoms with Crippen molar-refractivity contribution in [3.63, 3.8) is 0 Å². The molecular formula is C20H23N3O4. The Morgan fingerprint density at radius 3 is 2.89 bits per heavy atom. The maximum Gasteiger partial charge on any atom is 0.225 e. The largest absolute Gasteiger partial charge is 0.497 e. The van der Waals surface area contributed by atoms with Crippen LogP contribution in [0.2, 0.25) is 0 Å². The Balaban J connectivity index is 1.41. The van der Waals surface area contributed by atoms with Crippen LogP contribution in [0.15, 0.2) is 48.7 Å². The maximum absolute atomic E-state index is 12.3. The molecule has 7 heteroatoms. The molecule has 1 aliphatic heterocycles. The van der Waals surface area contributed by atoms with Crippen molar-refractivity contribution in [1.29, 1.82) is 0 Å². The quantitative estimate of drug-likeness (QED) is 0.716. The van der Waals surface area contributed by atoms with Crippen LogP contribution in [-0.2, 0) is 16.1 Å². The molecule has 1 unspecified atom stereocenters. The molecule has 1 atom stereocenters. The summed E-state index contributed by atoms with van der Waals surface area (Å²) < 4.78 is 10.7. The number of aromatic nitrogens is 1. The van der Waals surface area contributed by atoms with E-state index in [1.54, 1.807) is 24.3 Å². The van der Waals surface area contributed by atoms with Crippen LogP contribution in [0.1, 0.15) is 12.1 Å². The molecule has 0 radical (unpaired) electrons. The fraction of sp³-hybridized carbons (Fsp3) is 0.350. The molecule has 0 aliphatic carbocycles. The number of hydrogen-bond donors (Lipinski definition) is 1. The zero-order valence-electron chi connectivity index (χ0n) is 15.3. The van der Waals surface area contributed by atoms with E-state index in [-0.39, 0.29) is 24.2 Å². The van der Waals surface area contributed by atoms with Crippen LogP contribution in [0.3, 0.4) is 0 Å². The Hall–Kier alpha value is -3.09. The van der Waals surface area contributed by atoms with Gasteiger partial charge in [-0.3, -0.25) is 14.6 Å². The van der Waals surface area contributed by atoms with Crippen molar-refractivity contribution < 1.29 is 19.1 Å². The minimum Gasteiger partial charge on any atom is -0.497 e. The summed E-state index contributed by atoms with van der Waals surface area (Å²) in [6.45, 7) is 1.57. The average molecular weight is 369 g/mol. The van der Waals surface area contributed by atoms with Gasteiger partial charge >= 0.3 is 0 Å². The predicted octanol–water partition coefficient (Wildman–Crippen LogP) is 1.63. The maximum atomic E-state index is 12.3. The molecule has 0 bridgehead atoms. The van der Waals surface area contributed by atoms with Gasteiger partial charge in [-0.05, 0) is 24.3 Å². The third-order valence-corrected chi connectivity index (χ3v) is 4.38. The van der Waals surface area contributed by atoms with Gasteiger partial charge in [-0.25, -0.2) is 0 Å². The molecular weight excluding hydrogens is 346 g/mol. The van der Waals surface area contributed by atoms with E-state index in [9.17, 15) is 9.59 Å². The fourth-order valence-electron chi connectivity index (χ4n) is 2.97. The van der Waals surface area contributed by atoms with Crippen molar-refractivity contribution in [2.45, 2.75) is 13.0 Å². The van der Waals surface area contributed by atoms with Crippen LogP contribution >= 0.6 is 0 Å². The summed E-state index contributed by atoms with van der Waals surface area (Å²) in [4.78, 5) is 30.4. The third kappa shape index (κ3) is 5.20. The van der Waals surface area contributed by atoms with E-state index in [4.69, 9.17) is 9.47 Å². The Bertz CT molecular complexity index is 782. The lowest BCUT2D eigenvalue weighted by Gasteiger charge is -2.16. The molecule has 1 aromatic carbocycles. The first kappa shape index (κ1) is 18.7. The van der Waals surface area contributed by atoms with Gasteiger partial charge in [0.15, 0.2) is 0 Å². The summed E-state index contributed by atoms with van der Waals surface area (Å²) in [6, 6.07) is 12.9. The van der Waals surface area contributed by atoms with Gasteiger partial charge < -0.3 is 19.7 Å². The number of amides is 2. The minimum absolute atomic E-state index is 0.0200. The molecule has 2 aromatic rings. The van der Waals surface area contributed by atoms with Crippen LogP contribution < -0.4 is 14.8 Å². The third-order valence-electron chi connectivity index (χ3n) is 4.38. The lowest BCUT2D eigenvalue weighted by Crippen LogP contribution is -2.35. The number of ether oxygens (including phenoxy) is 2. The number of nitrogens with zero attached hydrogens (tertiary/aromatic N) is 2. The average Bonchev–Trinajstić information content (AvgIpc) is 3.06. The van der Waals surface area contributed by atoms with Crippen LogP contribution in [0.4, 0.5) is 0 Å². The summed E-state index contributed by atoms with van der Waals surface area (Å²) in [5.74, 6) is 0.919. The van der Waals surface area contributed by atoms with Crippen molar-refractivity contribution in [1.82, 2.24) is 15.2 Å². The molecule has 0 saturated carbocycles. The molecule has 1 aliphatic rings. The molecule has 3 rings (SSSR count). The molecule has 2 amide bonds. The van der Waals surface area contributed by atoms with Crippen molar-refractivity contribution in [3.8, 4) is 11.5 Å². The lowest BCUT2D eigenvalue weighted by atomic mass is 10.1. The normalized spacial score (nSPS) is 16.3. The van der Waals surface area contributed by atoms with Gasteiger partial charge in [0.2, 0.25) is 11.8 Å². The highest BCUT2D eigenvalue weighted by Gasteiger charge is 2.34. The van der Waals surface area contributed by atoms with Gasteiger partial charge in [0.1, 0.15) is 18.1 Å². The van der Waals surface area contributed by atoms with E-state index in [1.807, 2.05) is 36.4 Å². The van der Waals surface area contributed by atoms with Crippen molar-refractivity contribution in [3.05, 3.63) is 54.4 Å². The van der Waals surface area contributed by atoms with E-state index in [1.165, 1.54) is 0 Å². The van der Waals surface area contributed by atoms with Crippen LogP contribution in [0, 0.1) is 5.92 Å². The first-order chi connectivity index (χ1) is 13.2. The fourth-order valence-corrected chi connectivity index (χ4v) is 2.97. The van der Waals surface area contributed by atoms with Gasteiger partial charge in [-0.2, -0.15) is 0 Å². The number of methoxy groups -OCH3 is 1. The molecule has 1 aromatic heterocycles. The zero-order valence-corrected chi connectivity index (χ0v) is 15.3. The number of nitrogens with one attached hydrogen (secondary N) is 1. The van der Waals surface area contributed by atoms with E-state index in [0.717, 1.165) is 5.69 Å². The summed E-state index contributed by atoms with van der Waals surface area (Å²) >= 11 is 0. The van der Waals surface area contributed by atoms with Gasteiger partial charge in [-0.15, -0.1) is 0 Å². The molecule has 0 spiro atoms. The van der Waals surface area contributed by atoms with Crippen LogP contribution in [-0.4, -0.2) is 48.5 Å². The second-order valence-electron chi connectivity index (χ2n) is 6.31. The van der Waals surface area contributed by atoms with E-state index in [0.29, 0.717) is 37.7 Å². The summed E-state index contributed by atoms with van der Waals surface area (Å²) in [6.07, 6.45) is 1.93. The molecule has 27 heavy (non-hydrogen) atoms. The highest BCUT2D eigenvalue weighted by atomic mass is 16.5. The number of benzene rings is 1. The van der Waals surface area contributed by atoms with Crippen molar-refractivity contribution >= 4 is 11.8 Å². The Morgan fingerprint density at radius 1 is 1.26 bits per heavy atom. The monoisotopic (exact) mass is 369 g/mol. The Labute approximate surface area is 158 Å². The zero-order chi connectivity index (χ0) is 19.1. The van der Waals surface area contributed by atoms with Crippen LogP contribution in [0.5, 0.6) is 11.5 Å². The van der Waals surface area contributed by atoms with Crippen LogP contribution in [0.25, 0.3) is 0 Å². The van der Waals surface area contributed by atoms with Crippen molar-refractivity contribution in [2.75, 3.05) is 26.8 Å². The number of rotatable bonds is 8. The standard InChI is InChI=1S/C20H23N3O4/c1-26-17-6-4-7-18(12-17)27-10-9-22-20(25)15-11-19(24)23(13-15)14-16-5-2-3-8-21-16/h2-8,12,15H,9-11,13-14H2,1H3,(H,22,25). The SMILES string of the molecule is COc1cccc(OCCNC(=O)C2CC(=O)N(Cc3ccccn3)C2)c1. The molecule has 7 nitrogen and oxygen atoms in total. The van der Waals surface area contributed by atoms with Gasteiger partial charge in [0.05, 0.1) is 31.8 Å². The van der Waals surface area contributed by atoms with Crippen molar-refractivity contribution in [2.24, 2.45) is 5.92 Å². The molecule has 1 fully saturated rings. The first-order valence-electron chi connectivity index (χ1n) is 8.88. The second kappa shape index (κ2) is 9.02. The van der Waals surface area contributed by atoms with E-state index >= 15 is 0 Å². The highest BCUT2D eigenvalue weighted by Crippen LogP contribution is 2.20. The van der Waals surface area contributed by atoms with Gasteiger partial charge in [-0.1, -0.05) is 12.1 Å². The predicted molar refractivity (Wildman–Crippen MR) is 99.3 cm³/mol. The van der Waals surface area contributed by atoms with E-state index < -0.39 is 0 Å². The topological polar surface area (TPSA) is 80.8 Å². The Morgan fingerprint density at radius 2 is 2.11 bits per heavy atom. The number of carbonyl (C=O) groups excluding carboxylic acids is 2. The number of pyridine rings is 1. The molecule has 142 valence electrons. The highest BCUT2D eigenvalue weighted by molar-refractivity contribution is 5.89. The number of carbonyl (C=O) groups is 2. The Kier molecular flexibility index (Phi) is 6.25. The number of hydrogen-bond acceptors (Lipinski definition) is 5. The lowest BCUT2D eigenvalue weighted by molar-refractivity contribution is -0.129. The summed E-state index contributed by atoms with van der Waals surface area (Å²) in [5, 5.41) is 2.84. The van der Waals surface area contributed by atoms with Gasteiger partial charge in [0, 0.05) is 25.2 Å². The molecule has 1 saturated heterocycles.